The van der Waals surface area contributed by atoms with Gasteiger partial charge in [-0.15, -0.1) is 0 Å². The van der Waals surface area contributed by atoms with Crippen molar-refractivity contribution >= 4 is 5.91 Å². The molecule has 1 rings (SSSR count). The smallest absolute Gasteiger partial charge is 0.234 e. The predicted octanol–water partition coefficient (Wildman–Crippen LogP) is 0.196. The van der Waals surface area contributed by atoms with E-state index in [9.17, 15) is 4.79 Å². The van der Waals surface area contributed by atoms with Gasteiger partial charge in [-0.1, -0.05) is 6.42 Å². The van der Waals surface area contributed by atoms with Gasteiger partial charge >= 0.3 is 0 Å². The molecule has 0 aromatic heterocycles. The fourth-order valence-electron chi connectivity index (χ4n) is 1.90. The van der Waals surface area contributed by atoms with Crippen LogP contribution in [-0.4, -0.2) is 50.6 Å². The SMILES string of the molecule is CN(C)CC(=O)NCC[C@H]1CCCCN1. The molecule has 88 valence electrons. The van der Waals surface area contributed by atoms with Crippen molar-refractivity contribution < 1.29 is 4.79 Å². The molecule has 1 saturated heterocycles. The summed E-state index contributed by atoms with van der Waals surface area (Å²) in [6, 6.07) is 0.610. The Kier molecular flexibility index (Phi) is 5.65. The van der Waals surface area contributed by atoms with Crippen LogP contribution in [-0.2, 0) is 4.79 Å². The number of hydrogen-bond acceptors (Lipinski definition) is 3. The van der Waals surface area contributed by atoms with Gasteiger partial charge in [0.05, 0.1) is 6.54 Å². The van der Waals surface area contributed by atoms with Gasteiger partial charge in [0.15, 0.2) is 0 Å². The molecule has 1 atom stereocenters. The first-order valence-corrected chi connectivity index (χ1v) is 5.83. The quantitative estimate of drug-likeness (QED) is 0.685. The number of hydrogen-bond donors (Lipinski definition) is 2. The fraction of sp³-hybridized carbons (Fsp3) is 0.909. The molecule has 0 saturated carbocycles. The van der Waals surface area contributed by atoms with Crippen molar-refractivity contribution in [1.29, 1.82) is 0 Å². The second-order valence-corrected chi connectivity index (χ2v) is 4.52. The summed E-state index contributed by atoms with van der Waals surface area (Å²) in [6.45, 7) is 2.42. The first-order chi connectivity index (χ1) is 7.18. The van der Waals surface area contributed by atoms with E-state index >= 15 is 0 Å². The van der Waals surface area contributed by atoms with Gasteiger partial charge in [0.1, 0.15) is 0 Å². The van der Waals surface area contributed by atoms with Crippen LogP contribution < -0.4 is 10.6 Å². The maximum atomic E-state index is 11.3. The molecule has 0 spiro atoms. The molecule has 0 aliphatic carbocycles. The number of piperidine rings is 1. The van der Waals surface area contributed by atoms with Crippen LogP contribution in [0.4, 0.5) is 0 Å². The lowest BCUT2D eigenvalue weighted by molar-refractivity contribution is -0.121. The summed E-state index contributed by atoms with van der Waals surface area (Å²) in [6.07, 6.45) is 4.93. The largest absolute Gasteiger partial charge is 0.355 e. The number of amides is 1. The monoisotopic (exact) mass is 213 g/mol. The van der Waals surface area contributed by atoms with Crippen LogP contribution in [0, 0.1) is 0 Å². The second kappa shape index (κ2) is 6.80. The van der Waals surface area contributed by atoms with Crippen LogP contribution in [0.3, 0.4) is 0 Å². The number of rotatable bonds is 5. The molecular formula is C11H23N3O. The molecule has 1 amide bonds. The minimum Gasteiger partial charge on any atom is -0.355 e. The normalized spacial score (nSPS) is 21.7. The van der Waals surface area contributed by atoms with Crippen LogP contribution >= 0.6 is 0 Å². The van der Waals surface area contributed by atoms with Crippen molar-refractivity contribution in [2.24, 2.45) is 0 Å². The Morgan fingerprint density at radius 2 is 2.27 bits per heavy atom. The minimum atomic E-state index is 0.121. The lowest BCUT2D eigenvalue weighted by Gasteiger charge is -2.23. The summed E-state index contributed by atoms with van der Waals surface area (Å²) in [5, 5.41) is 6.41. The number of likely N-dealkylation sites (N-methyl/N-ethyl adjacent to an activating group) is 1. The summed E-state index contributed by atoms with van der Waals surface area (Å²) in [4.78, 5) is 13.2. The third kappa shape index (κ3) is 5.74. The highest BCUT2D eigenvalue weighted by Gasteiger charge is 2.12. The Labute approximate surface area is 92.4 Å². The number of carbonyl (C=O) groups is 1. The second-order valence-electron chi connectivity index (χ2n) is 4.52. The zero-order chi connectivity index (χ0) is 11.1. The van der Waals surface area contributed by atoms with Crippen molar-refractivity contribution in [3.05, 3.63) is 0 Å². The average Bonchev–Trinajstić information content (AvgIpc) is 2.18. The molecule has 0 bridgehead atoms. The molecule has 0 aromatic carbocycles. The van der Waals surface area contributed by atoms with E-state index in [1.165, 1.54) is 19.3 Å². The molecule has 15 heavy (non-hydrogen) atoms. The van der Waals surface area contributed by atoms with E-state index in [-0.39, 0.29) is 5.91 Å². The summed E-state index contributed by atoms with van der Waals surface area (Å²) >= 11 is 0. The van der Waals surface area contributed by atoms with Crippen molar-refractivity contribution in [1.82, 2.24) is 15.5 Å². The highest BCUT2D eigenvalue weighted by atomic mass is 16.1. The van der Waals surface area contributed by atoms with E-state index in [1.807, 2.05) is 19.0 Å². The molecule has 0 aromatic rings. The van der Waals surface area contributed by atoms with E-state index in [1.54, 1.807) is 0 Å². The van der Waals surface area contributed by atoms with E-state index in [4.69, 9.17) is 0 Å². The summed E-state index contributed by atoms with van der Waals surface area (Å²) in [5.74, 6) is 0.121. The zero-order valence-corrected chi connectivity index (χ0v) is 9.88. The van der Waals surface area contributed by atoms with Crippen LogP contribution in [0.5, 0.6) is 0 Å². The standard InChI is InChI=1S/C11H23N3O/c1-14(2)9-11(15)13-8-6-10-5-3-4-7-12-10/h10,12H,3-9H2,1-2H3,(H,13,15)/t10-/m1/s1. The first kappa shape index (κ1) is 12.5. The zero-order valence-electron chi connectivity index (χ0n) is 9.88. The Bertz CT molecular complexity index is 188. The van der Waals surface area contributed by atoms with Gasteiger partial charge in [0.25, 0.3) is 0 Å². The molecule has 4 heteroatoms. The van der Waals surface area contributed by atoms with E-state index in [2.05, 4.69) is 10.6 Å². The van der Waals surface area contributed by atoms with Crippen LogP contribution in [0.1, 0.15) is 25.7 Å². The van der Waals surface area contributed by atoms with Gasteiger partial charge in [0, 0.05) is 12.6 Å². The molecule has 4 nitrogen and oxygen atoms in total. The highest BCUT2D eigenvalue weighted by Crippen LogP contribution is 2.08. The molecule has 0 radical (unpaired) electrons. The Morgan fingerprint density at radius 1 is 1.47 bits per heavy atom. The summed E-state index contributed by atoms with van der Waals surface area (Å²) < 4.78 is 0. The van der Waals surface area contributed by atoms with Gasteiger partial charge in [0.2, 0.25) is 5.91 Å². The Morgan fingerprint density at radius 3 is 2.87 bits per heavy atom. The maximum Gasteiger partial charge on any atom is 0.234 e. The van der Waals surface area contributed by atoms with Crippen LogP contribution in [0.2, 0.25) is 0 Å². The van der Waals surface area contributed by atoms with Crippen molar-refractivity contribution in [3.63, 3.8) is 0 Å². The van der Waals surface area contributed by atoms with Gasteiger partial charge in [-0.25, -0.2) is 0 Å². The van der Waals surface area contributed by atoms with E-state index < -0.39 is 0 Å². The predicted molar refractivity (Wildman–Crippen MR) is 61.8 cm³/mol. The lowest BCUT2D eigenvalue weighted by atomic mass is 10.0. The van der Waals surface area contributed by atoms with E-state index in [0.29, 0.717) is 12.6 Å². The Hall–Kier alpha value is -0.610. The maximum absolute atomic E-state index is 11.3. The van der Waals surface area contributed by atoms with Crippen LogP contribution in [0.15, 0.2) is 0 Å². The third-order valence-electron chi connectivity index (χ3n) is 2.69. The lowest BCUT2D eigenvalue weighted by Crippen LogP contribution is -2.39. The number of nitrogens with zero attached hydrogens (tertiary/aromatic N) is 1. The van der Waals surface area contributed by atoms with Crippen molar-refractivity contribution in [3.8, 4) is 0 Å². The first-order valence-electron chi connectivity index (χ1n) is 5.83. The molecular weight excluding hydrogens is 190 g/mol. The molecule has 0 unspecified atom stereocenters. The highest BCUT2D eigenvalue weighted by molar-refractivity contribution is 5.77. The van der Waals surface area contributed by atoms with Gasteiger partial charge < -0.3 is 15.5 Å². The van der Waals surface area contributed by atoms with Crippen molar-refractivity contribution in [2.45, 2.75) is 31.7 Å². The number of nitrogens with one attached hydrogen (secondary N) is 2. The fourth-order valence-corrected chi connectivity index (χ4v) is 1.90. The van der Waals surface area contributed by atoms with Gasteiger partial charge in [-0.05, 0) is 39.9 Å². The molecule has 1 fully saturated rings. The Balaban J connectivity index is 2.02. The van der Waals surface area contributed by atoms with Crippen LogP contribution in [0.25, 0.3) is 0 Å². The number of carbonyl (C=O) groups excluding carboxylic acids is 1. The molecule has 1 aliphatic rings. The van der Waals surface area contributed by atoms with Gasteiger partial charge in [-0.3, -0.25) is 4.79 Å². The van der Waals surface area contributed by atoms with E-state index in [0.717, 1.165) is 19.5 Å². The average molecular weight is 213 g/mol. The van der Waals surface area contributed by atoms with Crippen molar-refractivity contribution in [2.75, 3.05) is 33.7 Å². The topological polar surface area (TPSA) is 44.4 Å². The van der Waals surface area contributed by atoms with Gasteiger partial charge in [-0.2, -0.15) is 0 Å². The summed E-state index contributed by atoms with van der Waals surface area (Å²) in [7, 11) is 3.81. The molecule has 1 heterocycles. The third-order valence-corrected chi connectivity index (χ3v) is 2.69. The minimum absolute atomic E-state index is 0.121. The molecule has 1 aliphatic heterocycles. The molecule has 2 N–H and O–H groups in total. The summed E-state index contributed by atoms with van der Waals surface area (Å²) in [5.41, 5.74) is 0.